The molecule has 0 aliphatic heterocycles. The summed E-state index contributed by atoms with van der Waals surface area (Å²) in [6, 6.07) is 24.3. The molecule has 4 rings (SSSR count). The number of nitrogens with zero attached hydrogens (tertiary/aromatic N) is 1. The van der Waals surface area contributed by atoms with Crippen LogP contribution in [0.15, 0.2) is 85.1 Å². The molecule has 2 N–H and O–H groups in total. The van der Waals surface area contributed by atoms with Crippen LogP contribution >= 0.6 is 0 Å². The van der Waals surface area contributed by atoms with Gasteiger partial charge in [0.2, 0.25) is 0 Å². The van der Waals surface area contributed by atoms with Crippen LogP contribution in [-0.4, -0.2) is 35.9 Å². The van der Waals surface area contributed by atoms with E-state index in [4.69, 9.17) is 9.47 Å². The highest BCUT2D eigenvalue weighted by atomic mass is 16.6. The van der Waals surface area contributed by atoms with Crippen LogP contribution in [-0.2, 0) is 9.47 Å². The fraction of sp³-hybridized carbons (Fsp3) is 0.185. The Bertz CT molecular complexity index is 1210. The Morgan fingerprint density at radius 1 is 0.970 bits per heavy atom. The molecule has 0 aliphatic carbocycles. The standard InChI is InChI=1S/C27H26N2O4/c1-2-32-17-18-33-27(31)21-10-13-22(14-11-21)29-24(19-7-4-3-5-8-19)23-15-12-20-9-6-16-28-25(20)26(23)30/h3-16,24,29-30H,2,17-18H2,1H3. The number of hydrogen-bond donors (Lipinski definition) is 2. The maximum absolute atomic E-state index is 12.2. The van der Waals surface area contributed by atoms with E-state index in [0.29, 0.717) is 29.9 Å². The monoisotopic (exact) mass is 442 g/mol. The average molecular weight is 443 g/mol. The van der Waals surface area contributed by atoms with Crippen LogP contribution in [0.4, 0.5) is 5.69 Å². The molecule has 1 heterocycles. The number of phenols is 1. The molecule has 1 atom stereocenters. The normalized spacial score (nSPS) is 11.8. The molecular formula is C27H26N2O4. The van der Waals surface area contributed by atoms with Gasteiger partial charge in [0.15, 0.2) is 0 Å². The van der Waals surface area contributed by atoms with Crippen LogP contribution in [0.3, 0.4) is 0 Å². The summed E-state index contributed by atoms with van der Waals surface area (Å²) in [6.07, 6.45) is 1.67. The molecule has 0 amide bonds. The van der Waals surface area contributed by atoms with Crippen molar-refractivity contribution >= 4 is 22.6 Å². The van der Waals surface area contributed by atoms with Gasteiger partial charge in [-0.3, -0.25) is 4.98 Å². The molecule has 0 bridgehead atoms. The van der Waals surface area contributed by atoms with E-state index in [0.717, 1.165) is 16.6 Å². The van der Waals surface area contributed by atoms with Crippen molar-refractivity contribution < 1.29 is 19.4 Å². The summed E-state index contributed by atoms with van der Waals surface area (Å²) in [7, 11) is 0. The van der Waals surface area contributed by atoms with Crippen LogP contribution < -0.4 is 5.32 Å². The lowest BCUT2D eigenvalue weighted by Gasteiger charge is -2.22. The van der Waals surface area contributed by atoms with Crippen molar-refractivity contribution in [3.8, 4) is 5.75 Å². The van der Waals surface area contributed by atoms with Gasteiger partial charge in [-0.05, 0) is 42.8 Å². The number of carbonyl (C=O) groups excluding carboxylic acids is 1. The summed E-state index contributed by atoms with van der Waals surface area (Å²) >= 11 is 0. The highest BCUT2D eigenvalue weighted by Crippen LogP contribution is 2.36. The summed E-state index contributed by atoms with van der Waals surface area (Å²) in [5.74, 6) is -0.247. The third kappa shape index (κ3) is 5.30. The number of fused-ring (bicyclic) bond motifs is 1. The highest BCUT2D eigenvalue weighted by molar-refractivity contribution is 5.90. The number of ether oxygens (including phenoxy) is 2. The second kappa shape index (κ2) is 10.6. The Balaban J connectivity index is 1.59. The van der Waals surface area contributed by atoms with Gasteiger partial charge in [0, 0.05) is 29.4 Å². The Kier molecular flexibility index (Phi) is 7.17. The number of rotatable bonds is 9. The molecule has 0 aliphatic rings. The minimum atomic E-state index is -0.390. The first-order chi connectivity index (χ1) is 16.2. The van der Waals surface area contributed by atoms with Gasteiger partial charge in [0.05, 0.1) is 18.2 Å². The molecule has 6 heteroatoms. The van der Waals surface area contributed by atoms with Crippen molar-refractivity contribution in [2.75, 3.05) is 25.1 Å². The molecule has 0 radical (unpaired) electrons. The van der Waals surface area contributed by atoms with E-state index in [1.165, 1.54) is 0 Å². The van der Waals surface area contributed by atoms with Gasteiger partial charge in [0.25, 0.3) is 0 Å². The molecule has 4 aromatic rings. The summed E-state index contributed by atoms with van der Waals surface area (Å²) in [4.78, 5) is 16.6. The lowest BCUT2D eigenvalue weighted by molar-refractivity contribution is 0.0335. The maximum Gasteiger partial charge on any atom is 0.338 e. The van der Waals surface area contributed by atoms with Gasteiger partial charge in [-0.1, -0.05) is 48.5 Å². The Hall–Kier alpha value is -3.90. The summed E-state index contributed by atoms with van der Waals surface area (Å²) < 4.78 is 10.4. The topological polar surface area (TPSA) is 80.7 Å². The SMILES string of the molecule is CCOCCOC(=O)c1ccc(NC(c2ccccc2)c2ccc3cccnc3c2O)cc1. The molecule has 33 heavy (non-hydrogen) atoms. The number of aromatic hydroxyl groups is 1. The first-order valence-corrected chi connectivity index (χ1v) is 10.9. The molecule has 0 saturated carbocycles. The number of phenolic OH excluding ortho intramolecular Hbond substituents is 1. The number of pyridine rings is 1. The van der Waals surface area contributed by atoms with Crippen LogP contribution in [0.2, 0.25) is 0 Å². The predicted molar refractivity (Wildman–Crippen MR) is 129 cm³/mol. The van der Waals surface area contributed by atoms with Crippen molar-refractivity contribution in [2.45, 2.75) is 13.0 Å². The van der Waals surface area contributed by atoms with Crippen molar-refractivity contribution in [3.63, 3.8) is 0 Å². The second-order valence-electron chi connectivity index (χ2n) is 7.48. The average Bonchev–Trinajstić information content (AvgIpc) is 2.87. The first kappa shape index (κ1) is 22.3. The zero-order valence-electron chi connectivity index (χ0n) is 18.4. The quantitative estimate of drug-likeness (QED) is 0.269. The molecular weight excluding hydrogens is 416 g/mol. The second-order valence-corrected chi connectivity index (χ2v) is 7.48. The minimum Gasteiger partial charge on any atom is -0.505 e. The third-order valence-corrected chi connectivity index (χ3v) is 5.32. The molecule has 0 fully saturated rings. The number of anilines is 1. The van der Waals surface area contributed by atoms with E-state index in [9.17, 15) is 9.90 Å². The largest absolute Gasteiger partial charge is 0.505 e. The zero-order valence-corrected chi connectivity index (χ0v) is 18.4. The number of esters is 1. The number of benzene rings is 3. The first-order valence-electron chi connectivity index (χ1n) is 10.9. The summed E-state index contributed by atoms with van der Waals surface area (Å²) in [5, 5.41) is 15.4. The third-order valence-electron chi connectivity index (χ3n) is 5.32. The molecule has 3 aromatic carbocycles. The van der Waals surface area contributed by atoms with Crippen LogP contribution in [0.1, 0.15) is 34.5 Å². The molecule has 168 valence electrons. The van der Waals surface area contributed by atoms with Gasteiger partial charge in [-0.15, -0.1) is 0 Å². The van der Waals surface area contributed by atoms with E-state index in [-0.39, 0.29) is 24.4 Å². The zero-order chi connectivity index (χ0) is 23.0. The Morgan fingerprint density at radius 3 is 2.52 bits per heavy atom. The molecule has 0 saturated heterocycles. The predicted octanol–water partition coefficient (Wildman–Crippen LogP) is 5.34. The lowest BCUT2D eigenvalue weighted by atomic mass is 9.96. The smallest absolute Gasteiger partial charge is 0.338 e. The fourth-order valence-corrected chi connectivity index (χ4v) is 3.65. The number of carbonyl (C=O) groups is 1. The Morgan fingerprint density at radius 2 is 1.76 bits per heavy atom. The van der Waals surface area contributed by atoms with Gasteiger partial charge >= 0.3 is 5.97 Å². The van der Waals surface area contributed by atoms with Crippen LogP contribution in [0.5, 0.6) is 5.75 Å². The van der Waals surface area contributed by atoms with Crippen molar-refractivity contribution in [3.05, 3.63) is 102 Å². The summed E-state index contributed by atoms with van der Waals surface area (Å²) in [5.41, 5.74) is 3.53. The van der Waals surface area contributed by atoms with E-state index in [2.05, 4.69) is 10.3 Å². The number of hydrogen-bond acceptors (Lipinski definition) is 6. The van der Waals surface area contributed by atoms with Crippen molar-refractivity contribution in [1.29, 1.82) is 0 Å². The van der Waals surface area contributed by atoms with Gasteiger partial charge < -0.3 is 19.9 Å². The summed E-state index contributed by atoms with van der Waals surface area (Å²) in [6.45, 7) is 3.08. The van der Waals surface area contributed by atoms with Crippen molar-refractivity contribution in [1.82, 2.24) is 4.98 Å². The van der Waals surface area contributed by atoms with Gasteiger partial charge in [-0.2, -0.15) is 0 Å². The molecule has 0 spiro atoms. The van der Waals surface area contributed by atoms with E-state index < -0.39 is 0 Å². The molecule has 6 nitrogen and oxygen atoms in total. The van der Waals surface area contributed by atoms with E-state index >= 15 is 0 Å². The molecule has 1 aromatic heterocycles. The molecule has 1 unspecified atom stereocenters. The minimum absolute atomic E-state index is 0.143. The fourth-order valence-electron chi connectivity index (χ4n) is 3.65. The van der Waals surface area contributed by atoms with Crippen molar-refractivity contribution in [2.24, 2.45) is 0 Å². The van der Waals surface area contributed by atoms with Gasteiger partial charge in [-0.25, -0.2) is 4.79 Å². The highest BCUT2D eigenvalue weighted by Gasteiger charge is 2.20. The number of aromatic nitrogens is 1. The van der Waals surface area contributed by atoms with Crippen LogP contribution in [0, 0.1) is 0 Å². The maximum atomic E-state index is 12.2. The lowest BCUT2D eigenvalue weighted by Crippen LogP contribution is -2.13. The van der Waals surface area contributed by atoms with Gasteiger partial charge in [0.1, 0.15) is 17.9 Å². The number of nitrogens with one attached hydrogen (secondary N) is 1. The van der Waals surface area contributed by atoms with Crippen LogP contribution in [0.25, 0.3) is 10.9 Å². The Labute approximate surface area is 192 Å². The van der Waals surface area contributed by atoms with E-state index in [1.54, 1.807) is 18.3 Å². The van der Waals surface area contributed by atoms with E-state index in [1.807, 2.05) is 73.7 Å².